The fourth-order valence-electron chi connectivity index (χ4n) is 1.90. The number of fused-ring (bicyclic) bond motifs is 1. The second-order valence-corrected chi connectivity index (χ2v) is 4.27. The molecule has 1 heterocycles. The fourth-order valence-corrected chi connectivity index (χ4v) is 1.90. The highest BCUT2D eigenvalue weighted by Gasteiger charge is 2.23. The molecular formula is C12H16N2O5. The summed E-state index contributed by atoms with van der Waals surface area (Å²) >= 11 is 0. The summed E-state index contributed by atoms with van der Waals surface area (Å²) in [4.78, 5) is 10.6. The summed E-state index contributed by atoms with van der Waals surface area (Å²) in [6, 6.07) is 2.93. The predicted molar refractivity (Wildman–Crippen MR) is 69.0 cm³/mol. The van der Waals surface area contributed by atoms with Gasteiger partial charge in [-0.15, -0.1) is 0 Å². The van der Waals surface area contributed by atoms with E-state index >= 15 is 0 Å². The number of hydrogen-bond donors (Lipinski definition) is 1. The number of ether oxygens (including phenoxy) is 3. The molecule has 0 radical (unpaired) electrons. The van der Waals surface area contributed by atoms with Gasteiger partial charge in [0, 0.05) is 19.2 Å². The van der Waals surface area contributed by atoms with Gasteiger partial charge in [-0.05, 0) is 6.92 Å². The topological polar surface area (TPSA) is 82.9 Å². The first kappa shape index (κ1) is 13.4. The smallest absolute Gasteiger partial charge is 0.296 e. The van der Waals surface area contributed by atoms with Crippen molar-refractivity contribution in [2.24, 2.45) is 0 Å². The molecule has 1 aromatic carbocycles. The van der Waals surface area contributed by atoms with E-state index < -0.39 is 4.92 Å². The first-order valence-electron chi connectivity index (χ1n) is 5.95. The van der Waals surface area contributed by atoms with Crippen LogP contribution in [0.2, 0.25) is 0 Å². The third-order valence-electron chi connectivity index (χ3n) is 2.68. The fraction of sp³-hybridized carbons (Fsp3) is 0.500. The quantitative estimate of drug-likeness (QED) is 0.647. The zero-order valence-corrected chi connectivity index (χ0v) is 10.8. The molecule has 0 saturated heterocycles. The maximum absolute atomic E-state index is 11.1. The number of anilines is 1. The minimum Gasteiger partial charge on any atom is -0.486 e. The van der Waals surface area contributed by atoms with Gasteiger partial charge in [-0.3, -0.25) is 10.1 Å². The molecule has 1 atom stereocenters. The number of benzene rings is 1. The Bertz CT molecular complexity index is 477. The highest BCUT2D eigenvalue weighted by molar-refractivity contribution is 5.69. The van der Waals surface area contributed by atoms with Gasteiger partial charge >= 0.3 is 0 Å². The molecule has 19 heavy (non-hydrogen) atoms. The highest BCUT2D eigenvalue weighted by atomic mass is 16.6. The lowest BCUT2D eigenvalue weighted by Gasteiger charge is -2.20. The summed E-state index contributed by atoms with van der Waals surface area (Å²) in [5.41, 5.74) is 0.367. The molecule has 0 aromatic heterocycles. The van der Waals surface area contributed by atoms with Crippen LogP contribution < -0.4 is 14.8 Å². The summed E-state index contributed by atoms with van der Waals surface area (Å²) in [7, 11) is 1.58. The van der Waals surface area contributed by atoms with Gasteiger partial charge in [-0.2, -0.15) is 0 Å². The van der Waals surface area contributed by atoms with Crippen LogP contribution in [0.25, 0.3) is 0 Å². The van der Waals surface area contributed by atoms with Crippen LogP contribution in [0.3, 0.4) is 0 Å². The van der Waals surface area contributed by atoms with Crippen LogP contribution in [0, 0.1) is 10.1 Å². The van der Waals surface area contributed by atoms with Gasteiger partial charge in [0.15, 0.2) is 11.5 Å². The zero-order valence-electron chi connectivity index (χ0n) is 10.8. The van der Waals surface area contributed by atoms with Crippen molar-refractivity contribution in [2.45, 2.75) is 13.0 Å². The van der Waals surface area contributed by atoms with Gasteiger partial charge in [0.1, 0.15) is 18.9 Å². The van der Waals surface area contributed by atoms with Gasteiger partial charge in [0.25, 0.3) is 5.69 Å². The Morgan fingerprint density at radius 3 is 2.63 bits per heavy atom. The minimum atomic E-state index is -0.444. The number of nitrogens with one attached hydrogen (secondary N) is 1. The zero-order chi connectivity index (χ0) is 13.8. The van der Waals surface area contributed by atoms with Crippen molar-refractivity contribution in [2.75, 3.05) is 32.2 Å². The summed E-state index contributed by atoms with van der Waals surface area (Å²) in [5.74, 6) is 0.923. The molecule has 104 valence electrons. The van der Waals surface area contributed by atoms with Crippen LogP contribution in [-0.4, -0.2) is 37.9 Å². The van der Waals surface area contributed by atoms with E-state index in [1.54, 1.807) is 13.2 Å². The van der Waals surface area contributed by atoms with Crippen LogP contribution in [0.4, 0.5) is 11.4 Å². The number of methoxy groups -OCH3 is 1. The van der Waals surface area contributed by atoms with Gasteiger partial charge in [-0.25, -0.2) is 0 Å². The average Bonchev–Trinajstić information content (AvgIpc) is 2.38. The van der Waals surface area contributed by atoms with Gasteiger partial charge in [-0.1, -0.05) is 0 Å². The molecule has 1 aromatic rings. The number of nitro benzene ring substituents is 1. The van der Waals surface area contributed by atoms with Crippen molar-refractivity contribution in [3.63, 3.8) is 0 Å². The standard InChI is InChI=1S/C12H16N2O5/c1-8(7-17-2)13-9-5-11-12(19-4-3-18-11)6-10(9)14(15)16/h5-6,8,13H,3-4,7H2,1-2H3/t8-/m0/s1. The average molecular weight is 268 g/mol. The maximum atomic E-state index is 11.1. The van der Waals surface area contributed by atoms with E-state index in [1.807, 2.05) is 6.92 Å². The monoisotopic (exact) mass is 268 g/mol. The largest absolute Gasteiger partial charge is 0.486 e. The van der Waals surface area contributed by atoms with Crippen LogP contribution >= 0.6 is 0 Å². The van der Waals surface area contributed by atoms with E-state index in [4.69, 9.17) is 14.2 Å². The summed E-state index contributed by atoms with van der Waals surface area (Å²) in [6.45, 7) is 3.17. The molecule has 7 heteroatoms. The van der Waals surface area contributed by atoms with Crippen molar-refractivity contribution in [3.05, 3.63) is 22.2 Å². The Balaban J connectivity index is 2.31. The number of nitro groups is 1. The molecular weight excluding hydrogens is 252 g/mol. The summed E-state index contributed by atoms with van der Waals surface area (Å²) in [5, 5.41) is 14.1. The van der Waals surface area contributed by atoms with E-state index in [-0.39, 0.29) is 11.7 Å². The molecule has 1 N–H and O–H groups in total. The van der Waals surface area contributed by atoms with Crippen molar-refractivity contribution < 1.29 is 19.1 Å². The van der Waals surface area contributed by atoms with Gasteiger partial charge in [0.2, 0.25) is 0 Å². The minimum absolute atomic E-state index is 0.0350. The second-order valence-electron chi connectivity index (χ2n) is 4.27. The lowest BCUT2D eigenvalue weighted by atomic mass is 10.2. The lowest BCUT2D eigenvalue weighted by Crippen LogP contribution is -2.22. The molecule has 0 aliphatic carbocycles. The van der Waals surface area contributed by atoms with Crippen molar-refractivity contribution >= 4 is 11.4 Å². The third-order valence-corrected chi connectivity index (χ3v) is 2.68. The Kier molecular flexibility index (Phi) is 4.06. The van der Waals surface area contributed by atoms with Crippen molar-refractivity contribution in [1.29, 1.82) is 0 Å². The molecule has 1 aliphatic rings. The van der Waals surface area contributed by atoms with E-state index in [1.165, 1.54) is 6.07 Å². The summed E-state index contributed by atoms with van der Waals surface area (Å²) in [6.07, 6.45) is 0. The van der Waals surface area contributed by atoms with Gasteiger partial charge < -0.3 is 19.5 Å². The lowest BCUT2D eigenvalue weighted by molar-refractivity contribution is -0.384. The SMILES string of the molecule is COC[C@H](C)Nc1cc2c(cc1[N+](=O)[O-])OCCO2. The Morgan fingerprint density at radius 1 is 1.42 bits per heavy atom. The second kappa shape index (κ2) is 5.75. The molecule has 7 nitrogen and oxygen atoms in total. The van der Waals surface area contributed by atoms with Crippen LogP contribution in [-0.2, 0) is 4.74 Å². The van der Waals surface area contributed by atoms with Crippen molar-refractivity contribution in [1.82, 2.24) is 0 Å². The molecule has 0 fully saturated rings. The Morgan fingerprint density at radius 2 is 2.05 bits per heavy atom. The van der Waals surface area contributed by atoms with Crippen LogP contribution in [0.5, 0.6) is 11.5 Å². The normalized spacial score (nSPS) is 14.8. The molecule has 0 spiro atoms. The molecule has 0 saturated carbocycles. The molecule has 1 aliphatic heterocycles. The molecule has 0 amide bonds. The first-order valence-corrected chi connectivity index (χ1v) is 5.95. The Hall–Kier alpha value is -2.02. The number of rotatable bonds is 5. The van der Waals surface area contributed by atoms with E-state index in [2.05, 4.69) is 5.32 Å². The van der Waals surface area contributed by atoms with E-state index in [9.17, 15) is 10.1 Å². The molecule has 0 unspecified atom stereocenters. The van der Waals surface area contributed by atoms with Gasteiger partial charge in [0.05, 0.1) is 17.6 Å². The van der Waals surface area contributed by atoms with E-state index in [0.29, 0.717) is 37.0 Å². The molecule has 2 rings (SSSR count). The van der Waals surface area contributed by atoms with Crippen LogP contribution in [0.1, 0.15) is 6.92 Å². The maximum Gasteiger partial charge on any atom is 0.296 e. The molecule has 0 bridgehead atoms. The first-order chi connectivity index (χ1) is 9.11. The highest BCUT2D eigenvalue weighted by Crippen LogP contribution is 2.39. The Labute approximate surface area is 110 Å². The van der Waals surface area contributed by atoms with E-state index in [0.717, 1.165) is 0 Å². The predicted octanol–water partition coefficient (Wildman–Crippen LogP) is 1.81. The third kappa shape index (κ3) is 3.05. The summed E-state index contributed by atoms with van der Waals surface area (Å²) < 4.78 is 15.8. The van der Waals surface area contributed by atoms with Crippen molar-refractivity contribution in [3.8, 4) is 11.5 Å². The number of nitrogens with zero attached hydrogens (tertiary/aromatic N) is 1. The number of hydrogen-bond acceptors (Lipinski definition) is 6. The van der Waals surface area contributed by atoms with Crippen LogP contribution in [0.15, 0.2) is 12.1 Å².